The largest absolute Gasteiger partial charge is 0.481 e. The monoisotopic (exact) mass is 300 g/mol. The third-order valence-corrected chi connectivity index (χ3v) is 4.60. The first kappa shape index (κ1) is 17.8. The summed E-state index contributed by atoms with van der Waals surface area (Å²) in [6.07, 6.45) is 4.23. The highest BCUT2D eigenvalue weighted by atomic mass is 16.4. The Balaban J connectivity index is 2.42. The van der Waals surface area contributed by atoms with Crippen molar-refractivity contribution >= 4 is 12.0 Å². The molecule has 1 fully saturated rings. The lowest BCUT2D eigenvalue weighted by atomic mass is 9.76. The fraction of sp³-hybridized carbons (Fsp3) is 0.867. The third-order valence-electron chi connectivity index (χ3n) is 4.60. The van der Waals surface area contributed by atoms with Crippen LogP contribution in [0.5, 0.6) is 0 Å². The van der Waals surface area contributed by atoms with Crippen molar-refractivity contribution in [1.82, 2.24) is 9.80 Å². The van der Waals surface area contributed by atoms with Crippen LogP contribution in [0.15, 0.2) is 0 Å². The van der Waals surface area contributed by atoms with Crippen molar-refractivity contribution in [2.24, 2.45) is 5.41 Å². The Bertz CT molecular complexity index is 352. The van der Waals surface area contributed by atoms with Gasteiger partial charge in [0, 0.05) is 33.3 Å². The number of carbonyl (C=O) groups is 2. The number of hydrogen-bond donors (Lipinski definition) is 2. The lowest BCUT2D eigenvalue weighted by Crippen LogP contribution is -2.50. The third kappa shape index (κ3) is 4.59. The minimum absolute atomic E-state index is 0.0194. The van der Waals surface area contributed by atoms with Gasteiger partial charge in [-0.3, -0.25) is 4.79 Å². The van der Waals surface area contributed by atoms with E-state index in [1.807, 2.05) is 6.92 Å². The average molecular weight is 300 g/mol. The van der Waals surface area contributed by atoms with Crippen LogP contribution < -0.4 is 0 Å². The van der Waals surface area contributed by atoms with Crippen molar-refractivity contribution in [3.8, 4) is 0 Å². The van der Waals surface area contributed by atoms with Gasteiger partial charge in [0.1, 0.15) is 0 Å². The fourth-order valence-electron chi connectivity index (χ4n) is 2.82. The van der Waals surface area contributed by atoms with E-state index in [1.165, 1.54) is 0 Å². The normalized spacial score (nSPS) is 17.6. The number of piperidine rings is 1. The zero-order chi connectivity index (χ0) is 15.9. The summed E-state index contributed by atoms with van der Waals surface area (Å²) < 4.78 is 0. The number of hydrogen-bond acceptors (Lipinski definition) is 3. The van der Waals surface area contributed by atoms with Crippen LogP contribution >= 0.6 is 0 Å². The molecule has 0 aliphatic carbocycles. The molecule has 1 saturated heterocycles. The van der Waals surface area contributed by atoms with Crippen LogP contribution in [-0.2, 0) is 4.79 Å². The van der Waals surface area contributed by atoms with Crippen LogP contribution in [0.4, 0.5) is 4.79 Å². The number of aliphatic hydroxyl groups excluding tert-OH is 1. The molecule has 1 rings (SSSR count). The van der Waals surface area contributed by atoms with E-state index in [-0.39, 0.29) is 12.6 Å². The maximum absolute atomic E-state index is 12.3. The Morgan fingerprint density at radius 3 is 2.29 bits per heavy atom. The number of urea groups is 1. The molecule has 2 N–H and O–H groups in total. The second-order valence-corrected chi connectivity index (χ2v) is 5.91. The van der Waals surface area contributed by atoms with Gasteiger partial charge in [0.2, 0.25) is 0 Å². The predicted molar refractivity (Wildman–Crippen MR) is 80.1 cm³/mol. The molecule has 21 heavy (non-hydrogen) atoms. The number of unbranched alkanes of at least 4 members (excludes halogenated alkanes) is 2. The zero-order valence-corrected chi connectivity index (χ0v) is 13.2. The van der Waals surface area contributed by atoms with E-state index in [1.54, 1.807) is 16.8 Å². The Morgan fingerprint density at radius 1 is 1.19 bits per heavy atom. The molecule has 6 heteroatoms. The van der Waals surface area contributed by atoms with E-state index in [2.05, 4.69) is 0 Å². The molecular weight excluding hydrogens is 272 g/mol. The summed E-state index contributed by atoms with van der Waals surface area (Å²) in [5.74, 6) is -0.741. The first-order chi connectivity index (χ1) is 9.96. The van der Waals surface area contributed by atoms with E-state index in [9.17, 15) is 14.7 Å². The Hall–Kier alpha value is -1.30. The minimum Gasteiger partial charge on any atom is -0.481 e. The van der Waals surface area contributed by atoms with Gasteiger partial charge in [0.05, 0.1) is 5.41 Å². The topological polar surface area (TPSA) is 81.1 Å². The van der Waals surface area contributed by atoms with Crippen LogP contribution in [0.2, 0.25) is 0 Å². The SMILES string of the molecule is CCC1(C(=O)O)CCN(C(=O)N(C)CCCCCO)CC1. The summed E-state index contributed by atoms with van der Waals surface area (Å²) in [5, 5.41) is 18.1. The predicted octanol–water partition coefficient (Wildman–Crippen LogP) is 1.78. The van der Waals surface area contributed by atoms with Gasteiger partial charge in [-0.2, -0.15) is 0 Å². The Kier molecular flexibility index (Phi) is 6.95. The van der Waals surface area contributed by atoms with Crippen LogP contribution in [0.3, 0.4) is 0 Å². The van der Waals surface area contributed by atoms with Crippen molar-refractivity contribution in [2.75, 3.05) is 33.3 Å². The van der Waals surface area contributed by atoms with E-state index >= 15 is 0 Å². The maximum Gasteiger partial charge on any atom is 0.319 e. The summed E-state index contributed by atoms with van der Waals surface area (Å²) in [6, 6.07) is -0.0194. The van der Waals surface area contributed by atoms with Gasteiger partial charge in [0.15, 0.2) is 0 Å². The van der Waals surface area contributed by atoms with Gasteiger partial charge in [-0.15, -0.1) is 0 Å². The first-order valence-corrected chi connectivity index (χ1v) is 7.81. The summed E-state index contributed by atoms with van der Waals surface area (Å²) in [7, 11) is 1.78. The number of likely N-dealkylation sites (tertiary alicyclic amines) is 1. The van der Waals surface area contributed by atoms with Gasteiger partial charge in [-0.05, 0) is 38.5 Å². The highest BCUT2D eigenvalue weighted by Crippen LogP contribution is 2.35. The molecular formula is C15H28N2O4. The second kappa shape index (κ2) is 8.22. The maximum atomic E-state index is 12.3. The molecule has 122 valence electrons. The van der Waals surface area contributed by atoms with Crippen molar-refractivity contribution in [2.45, 2.75) is 45.4 Å². The summed E-state index contributed by atoms with van der Waals surface area (Å²) >= 11 is 0. The molecule has 0 saturated carbocycles. The van der Waals surface area contributed by atoms with E-state index < -0.39 is 11.4 Å². The first-order valence-electron chi connectivity index (χ1n) is 7.81. The summed E-state index contributed by atoms with van der Waals surface area (Å²) in [6.45, 7) is 3.80. The standard InChI is InChI=1S/C15H28N2O4/c1-3-15(13(19)20)7-10-17(11-8-15)14(21)16(2)9-5-4-6-12-18/h18H,3-12H2,1-2H3,(H,19,20). The van der Waals surface area contributed by atoms with Gasteiger partial charge < -0.3 is 20.0 Å². The van der Waals surface area contributed by atoms with Crippen molar-refractivity contribution in [3.05, 3.63) is 0 Å². The van der Waals surface area contributed by atoms with Crippen molar-refractivity contribution in [1.29, 1.82) is 0 Å². The van der Waals surface area contributed by atoms with Crippen LogP contribution in [0.25, 0.3) is 0 Å². The smallest absolute Gasteiger partial charge is 0.319 e. The quantitative estimate of drug-likeness (QED) is 0.702. The van der Waals surface area contributed by atoms with Crippen LogP contribution in [-0.4, -0.2) is 65.3 Å². The average Bonchev–Trinajstić information content (AvgIpc) is 2.50. The lowest BCUT2D eigenvalue weighted by Gasteiger charge is -2.39. The van der Waals surface area contributed by atoms with Gasteiger partial charge in [-0.25, -0.2) is 4.79 Å². The van der Waals surface area contributed by atoms with Crippen molar-refractivity contribution in [3.63, 3.8) is 0 Å². The molecule has 1 heterocycles. The molecule has 1 aliphatic rings. The number of aliphatic hydroxyl groups is 1. The minimum atomic E-state index is -0.741. The fourth-order valence-corrected chi connectivity index (χ4v) is 2.82. The summed E-state index contributed by atoms with van der Waals surface area (Å²) in [5.41, 5.74) is -0.656. The summed E-state index contributed by atoms with van der Waals surface area (Å²) in [4.78, 5) is 27.1. The van der Waals surface area contributed by atoms with Gasteiger partial charge >= 0.3 is 12.0 Å². The number of carboxylic acid groups (broad SMARTS) is 1. The number of amides is 2. The number of rotatable bonds is 7. The zero-order valence-electron chi connectivity index (χ0n) is 13.2. The highest BCUT2D eigenvalue weighted by molar-refractivity contribution is 5.77. The Labute approximate surface area is 126 Å². The molecule has 0 radical (unpaired) electrons. The molecule has 2 amide bonds. The number of carboxylic acids is 1. The molecule has 0 atom stereocenters. The van der Waals surface area contributed by atoms with Crippen molar-refractivity contribution < 1.29 is 19.8 Å². The molecule has 0 aromatic carbocycles. The Morgan fingerprint density at radius 2 is 1.81 bits per heavy atom. The van der Waals surface area contributed by atoms with Crippen LogP contribution in [0.1, 0.15) is 45.4 Å². The molecule has 0 aromatic heterocycles. The van der Waals surface area contributed by atoms with Crippen LogP contribution in [0, 0.1) is 5.41 Å². The molecule has 1 aliphatic heterocycles. The molecule has 6 nitrogen and oxygen atoms in total. The second-order valence-electron chi connectivity index (χ2n) is 5.91. The molecule has 0 unspecified atom stereocenters. The van der Waals surface area contributed by atoms with E-state index in [0.29, 0.717) is 38.9 Å². The van der Waals surface area contributed by atoms with E-state index in [0.717, 1.165) is 19.3 Å². The van der Waals surface area contributed by atoms with Gasteiger partial charge in [0.25, 0.3) is 0 Å². The lowest BCUT2D eigenvalue weighted by molar-refractivity contribution is -0.152. The van der Waals surface area contributed by atoms with Gasteiger partial charge in [-0.1, -0.05) is 6.92 Å². The molecule has 0 spiro atoms. The number of nitrogens with zero attached hydrogens (tertiary/aromatic N) is 2. The molecule has 0 aromatic rings. The number of aliphatic carboxylic acids is 1. The van der Waals surface area contributed by atoms with E-state index in [4.69, 9.17) is 5.11 Å². The number of carbonyl (C=O) groups excluding carboxylic acids is 1. The molecule has 0 bridgehead atoms. The highest BCUT2D eigenvalue weighted by Gasteiger charge is 2.41.